The molecule has 0 radical (unpaired) electrons. The van der Waals surface area contributed by atoms with Crippen molar-refractivity contribution in [3.63, 3.8) is 0 Å². The molecule has 0 aliphatic carbocycles. The first-order chi connectivity index (χ1) is 16.7. The zero-order chi connectivity index (χ0) is 24.6. The van der Waals surface area contributed by atoms with Crippen LogP contribution in [0.15, 0.2) is 77.8 Å². The summed E-state index contributed by atoms with van der Waals surface area (Å²) >= 11 is 0. The van der Waals surface area contributed by atoms with Gasteiger partial charge in [-0.15, -0.1) is 0 Å². The molecule has 3 aromatic carbocycles. The lowest BCUT2D eigenvalue weighted by atomic mass is 10.1. The maximum atomic E-state index is 13.0. The summed E-state index contributed by atoms with van der Waals surface area (Å²) in [6, 6.07) is 18.6. The fraction of sp³-hybridized carbons (Fsp3) is 0.167. The standard InChI is InChI=1S/C24H23N5O4S2/c1-17-7-8-19(15-22(17)24-25-16-18-5-2-3-6-23(18)27-24)28-34(30,31)21-11-9-20(10-12-21)29-14-4-13-26-35(29,32)33/h2-3,5-12,15-16,26,28H,4,13-14H2,1H3. The summed E-state index contributed by atoms with van der Waals surface area (Å²) in [6.07, 6.45) is 2.41. The van der Waals surface area contributed by atoms with Crippen LogP contribution in [0.1, 0.15) is 12.0 Å². The van der Waals surface area contributed by atoms with E-state index in [1.807, 2.05) is 37.3 Å². The lowest BCUT2D eigenvalue weighted by Crippen LogP contribution is -2.47. The van der Waals surface area contributed by atoms with E-state index in [2.05, 4.69) is 19.4 Å². The van der Waals surface area contributed by atoms with Gasteiger partial charge < -0.3 is 0 Å². The molecule has 11 heteroatoms. The topological polar surface area (TPSA) is 121 Å². The summed E-state index contributed by atoms with van der Waals surface area (Å²) in [5.74, 6) is 0.503. The van der Waals surface area contributed by atoms with E-state index < -0.39 is 20.2 Å². The third kappa shape index (κ3) is 4.70. The van der Waals surface area contributed by atoms with Crippen molar-refractivity contribution in [1.29, 1.82) is 0 Å². The fourth-order valence-electron chi connectivity index (χ4n) is 3.92. The van der Waals surface area contributed by atoms with Crippen LogP contribution in [0.25, 0.3) is 22.3 Å². The molecule has 0 atom stereocenters. The molecule has 1 aromatic heterocycles. The van der Waals surface area contributed by atoms with Crippen LogP contribution < -0.4 is 13.7 Å². The average Bonchev–Trinajstić information content (AvgIpc) is 2.84. The Balaban J connectivity index is 1.41. The fourth-order valence-corrected chi connectivity index (χ4v) is 6.30. The molecule has 9 nitrogen and oxygen atoms in total. The van der Waals surface area contributed by atoms with Crippen molar-refractivity contribution >= 4 is 42.5 Å². The van der Waals surface area contributed by atoms with Gasteiger partial charge in [-0.05, 0) is 61.4 Å². The van der Waals surface area contributed by atoms with Gasteiger partial charge in [0.15, 0.2) is 5.82 Å². The number of nitrogens with one attached hydrogen (secondary N) is 2. The Morgan fingerprint density at radius 1 is 1.03 bits per heavy atom. The predicted molar refractivity (Wildman–Crippen MR) is 136 cm³/mol. The molecule has 1 fully saturated rings. The van der Waals surface area contributed by atoms with Crippen LogP contribution >= 0.6 is 0 Å². The first-order valence-corrected chi connectivity index (χ1v) is 13.9. The zero-order valence-electron chi connectivity index (χ0n) is 18.8. The smallest absolute Gasteiger partial charge is 0.280 e. The maximum Gasteiger partial charge on any atom is 0.301 e. The molecule has 0 amide bonds. The first-order valence-electron chi connectivity index (χ1n) is 11.0. The van der Waals surface area contributed by atoms with Crippen molar-refractivity contribution < 1.29 is 16.8 Å². The largest absolute Gasteiger partial charge is 0.301 e. The van der Waals surface area contributed by atoms with Crippen LogP contribution in [0.3, 0.4) is 0 Å². The molecule has 5 rings (SSSR count). The van der Waals surface area contributed by atoms with E-state index >= 15 is 0 Å². The number of nitrogens with zero attached hydrogens (tertiary/aromatic N) is 3. The molecule has 1 aliphatic heterocycles. The molecule has 1 aliphatic rings. The number of sulfonamides is 1. The van der Waals surface area contributed by atoms with Crippen molar-refractivity contribution in [2.24, 2.45) is 0 Å². The van der Waals surface area contributed by atoms with Gasteiger partial charge in [-0.25, -0.2) is 18.4 Å². The Kier molecular flexibility index (Phi) is 5.91. The minimum Gasteiger partial charge on any atom is -0.280 e. The molecule has 1 saturated heterocycles. The Bertz CT molecular complexity index is 1620. The molecule has 0 spiro atoms. The molecule has 35 heavy (non-hydrogen) atoms. The third-order valence-electron chi connectivity index (χ3n) is 5.77. The van der Waals surface area contributed by atoms with Gasteiger partial charge in [0, 0.05) is 35.9 Å². The number of fused-ring (bicyclic) bond motifs is 1. The van der Waals surface area contributed by atoms with Crippen molar-refractivity contribution in [3.05, 3.63) is 78.5 Å². The molecule has 0 saturated carbocycles. The highest BCUT2D eigenvalue weighted by Crippen LogP contribution is 2.28. The van der Waals surface area contributed by atoms with Crippen LogP contribution in [0.5, 0.6) is 0 Å². The molecular formula is C24H23N5O4S2. The maximum absolute atomic E-state index is 13.0. The SMILES string of the molecule is Cc1ccc(NS(=O)(=O)c2ccc(N3CCCNS3(=O)=O)cc2)cc1-c1ncc2ccccc2n1. The van der Waals surface area contributed by atoms with E-state index in [0.717, 1.165) is 16.5 Å². The van der Waals surface area contributed by atoms with Crippen LogP contribution in [0.4, 0.5) is 11.4 Å². The highest BCUT2D eigenvalue weighted by atomic mass is 32.2. The second-order valence-electron chi connectivity index (χ2n) is 8.21. The molecule has 0 bridgehead atoms. The third-order valence-corrected chi connectivity index (χ3v) is 8.71. The number of para-hydroxylation sites is 1. The summed E-state index contributed by atoms with van der Waals surface area (Å²) < 4.78 is 56.8. The van der Waals surface area contributed by atoms with Gasteiger partial charge in [0.25, 0.3) is 10.0 Å². The Hall–Kier alpha value is -3.54. The lowest BCUT2D eigenvalue weighted by molar-refractivity contribution is 0.560. The summed E-state index contributed by atoms with van der Waals surface area (Å²) in [7, 11) is -7.53. The first kappa shape index (κ1) is 23.2. The van der Waals surface area contributed by atoms with Crippen molar-refractivity contribution in [3.8, 4) is 11.4 Å². The number of aryl methyl sites for hydroxylation is 1. The minimum atomic E-state index is -3.91. The average molecular weight is 510 g/mol. The monoisotopic (exact) mass is 509 g/mol. The summed E-state index contributed by atoms with van der Waals surface area (Å²) in [6.45, 7) is 2.63. The predicted octanol–water partition coefficient (Wildman–Crippen LogP) is 3.45. The number of hydrogen-bond donors (Lipinski definition) is 2. The highest BCUT2D eigenvalue weighted by Gasteiger charge is 2.26. The summed E-state index contributed by atoms with van der Waals surface area (Å²) in [5.41, 5.74) is 3.20. The van der Waals surface area contributed by atoms with Gasteiger partial charge in [-0.3, -0.25) is 9.03 Å². The van der Waals surface area contributed by atoms with E-state index in [0.29, 0.717) is 42.3 Å². The Labute approximate surface area is 204 Å². The van der Waals surface area contributed by atoms with Gasteiger partial charge in [-0.1, -0.05) is 24.3 Å². The Morgan fingerprint density at radius 3 is 2.57 bits per heavy atom. The van der Waals surface area contributed by atoms with Crippen LogP contribution in [-0.2, 0) is 20.2 Å². The molecule has 2 heterocycles. The number of aromatic nitrogens is 2. The van der Waals surface area contributed by atoms with Crippen LogP contribution in [0, 0.1) is 6.92 Å². The molecule has 180 valence electrons. The van der Waals surface area contributed by atoms with Gasteiger partial charge in [0.05, 0.1) is 16.1 Å². The summed E-state index contributed by atoms with van der Waals surface area (Å²) in [5, 5.41) is 0.919. The zero-order valence-corrected chi connectivity index (χ0v) is 20.5. The van der Waals surface area contributed by atoms with E-state index in [1.54, 1.807) is 18.3 Å². The second-order valence-corrected chi connectivity index (χ2v) is 11.6. The normalized spacial score (nSPS) is 15.7. The quantitative estimate of drug-likeness (QED) is 0.425. The molecular weight excluding hydrogens is 486 g/mol. The van der Waals surface area contributed by atoms with Crippen molar-refractivity contribution in [1.82, 2.24) is 14.7 Å². The van der Waals surface area contributed by atoms with Gasteiger partial charge in [0.2, 0.25) is 0 Å². The minimum absolute atomic E-state index is 0.0210. The van der Waals surface area contributed by atoms with E-state index in [1.165, 1.54) is 28.6 Å². The lowest BCUT2D eigenvalue weighted by Gasteiger charge is -2.28. The summed E-state index contributed by atoms with van der Waals surface area (Å²) in [4.78, 5) is 9.09. The van der Waals surface area contributed by atoms with E-state index in [-0.39, 0.29) is 4.90 Å². The van der Waals surface area contributed by atoms with E-state index in [4.69, 9.17) is 0 Å². The van der Waals surface area contributed by atoms with Crippen molar-refractivity contribution in [2.45, 2.75) is 18.2 Å². The van der Waals surface area contributed by atoms with Crippen molar-refractivity contribution in [2.75, 3.05) is 22.1 Å². The number of anilines is 2. The second kappa shape index (κ2) is 8.91. The van der Waals surface area contributed by atoms with Gasteiger partial charge >= 0.3 is 10.2 Å². The Morgan fingerprint density at radius 2 is 1.80 bits per heavy atom. The van der Waals surface area contributed by atoms with Gasteiger partial charge in [-0.2, -0.15) is 13.1 Å². The number of rotatable bonds is 5. The van der Waals surface area contributed by atoms with E-state index in [9.17, 15) is 16.8 Å². The number of benzene rings is 3. The van der Waals surface area contributed by atoms with Gasteiger partial charge in [0.1, 0.15) is 0 Å². The molecule has 4 aromatic rings. The number of hydrogen-bond acceptors (Lipinski definition) is 6. The molecule has 0 unspecified atom stereocenters. The van der Waals surface area contributed by atoms with Crippen LogP contribution in [-0.4, -0.2) is 39.9 Å². The van der Waals surface area contributed by atoms with Crippen LogP contribution in [0.2, 0.25) is 0 Å². The molecule has 2 N–H and O–H groups in total. The highest BCUT2D eigenvalue weighted by molar-refractivity contribution is 7.92.